The van der Waals surface area contributed by atoms with Gasteiger partial charge in [-0.1, -0.05) is 12.1 Å². The second kappa shape index (κ2) is 10.5. The third-order valence-corrected chi connectivity index (χ3v) is 4.57. The fourth-order valence-electron chi connectivity index (χ4n) is 3.42. The topological polar surface area (TPSA) is 106 Å². The Morgan fingerprint density at radius 2 is 1.53 bits per heavy atom. The van der Waals surface area contributed by atoms with Crippen LogP contribution in [0.15, 0.2) is 46.8 Å². The van der Waals surface area contributed by atoms with Gasteiger partial charge < -0.3 is 25.4 Å². The molecule has 2 rings (SSSR count). The highest BCUT2D eigenvalue weighted by atomic mass is 16.5. The summed E-state index contributed by atoms with van der Waals surface area (Å²) in [5, 5.41) is 8.52. The molecule has 8 heteroatoms. The van der Waals surface area contributed by atoms with Gasteiger partial charge in [0.25, 0.3) is 0 Å². The number of ether oxygens (including phenoxy) is 2. The van der Waals surface area contributed by atoms with Gasteiger partial charge in [0.05, 0.1) is 30.3 Å². The third kappa shape index (κ3) is 5.20. The number of anilines is 1. The second-order valence-electron chi connectivity index (χ2n) is 6.69. The van der Waals surface area contributed by atoms with Crippen LogP contribution in [0.2, 0.25) is 0 Å². The lowest BCUT2D eigenvalue weighted by Crippen LogP contribution is -2.32. The van der Waals surface area contributed by atoms with Crippen LogP contribution in [0.4, 0.5) is 10.5 Å². The lowest BCUT2D eigenvalue weighted by molar-refractivity contribution is -0.139. The van der Waals surface area contributed by atoms with Crippen molar-refractivity contribution in [1.82, 2.24) is 10.6 Å². The quantitative estimate of drug-likeness (QED) is 0.591. The minimum atomic E-state index is -0.694. The van der Waals surface area contributed by atoms with Crippen molar-refractivity contribution in [1.29, 1.82) is 0 Å². The Morgan fingerprint density at radius 3 is 2.03 bits per heavy atom. The maximum Gasteiger partial charge on any atom is 0.336 e. The van der Waals surface area contributed by atoms with E-state index >= 15 is 0 Å². The Labute approximate surface area is 176 Å². The summed E-state index contributed by atoms with van der Waals surface area (Å²) in [4.78, 5) is 37.5. The number of nitrogens with one attached hydrogen (secondary N) is 3. The molecule has 162 valence electrons. The largest absolute Gasteiger partial charge is 0.463 e. The first-order valence-corrected chi connectivity index (χ1v) is 10.0. The Bertz CT molecular complexity index is 849. The van der Waals surface area contributed by atoms with E-state index < -0.39 is 17.9 Å². The Hall–Kier alpha value is -3.29. The van der Waals surface area contributed by atoms with E-state index in [-0.39, 0.29) is 19.2 Å². The van der Waals surface area contributed by atoms with Crippen LogP contribution in [0.25, 0.3) is 0 Å². The van der Waals surface area contributed by atoms with E-state index in [0.29, 0.717) is 40.3 Å². The van der Waals surface area contributed by atoms with Gasteiger partial charge in [0.2, 0.25) is 0 Å². The molecule has 1 aliphatic rings. The highest BCUT2D eigenvalue weighted by Crippen LogP contribution is 2.39. The van der Waals surface area contributed by atoms with E-state index in [4.69, 9.17) is 9.47 Å². The maximum atomic E-state index is 12.8. The van der Waals surface area contributed by atoms with Crippen molar-refractivity contribution in [2.75, 3.05) is 25.1 Å². The van der Waals surface area contributed by atoms with Crippen LogP contribution < -0.4 is 16.0 Å². The summed E-state index contributed by atoms with van der Waals surface area (Å²) in [5.41, 5.74) is 3.08. The van der Waals surface area contributed by atoms with Crippen molar-refractivity contribution in [3.8, 4) is 0 Å². The van der Waals surface area contributed by atoms with Crippen molar-refractivity contribution in [3.05, 3.63) is 52.4 Å². The first-order chi connectivity index (χ1) is 14.3. The van der Waals surface area contributed by atoms with Gasteiger partial charge in [-0.05, 0) is 52.3 Å². The first kappa shape index (κ1) is 23.0. The first-order valence-electron chi connectivity index (χ1n) is 10.0. The van der Waals surface area contributed by atoms with Crippen LogP contribution >= 0.6 is 0 Å². The van der Waals surface area contributed by atoms with Crippen LogP contribution in [0, 0.1) is 0 Å². The molecular weight excluding hydrogens is 386 g/mol. The molecule has 0 aromatic heterocycles. The molecule has 8 nitrogen and oxygen atoms in total. The summed E-state index contributed by atoms with van der Waals surface area (Å²) in [7, 11) is 0. The SMILES string of the molecule is CCNC(=O)Nc1cccc(C2C(C(=O)OCC)=C(C)NC(C)=C2C(=O)OCC)c1. The van der Waals surface area contributed by atoms with Gasteiger partial charge >= 0.3 is 18.0 Å². The highest BCUT2D eigenvalue weighted by molar-refractivity contribution is 6.00. The van der Waals surface area contributed by atoms with E-state index in [1.807, 2.05) is 6.92 Å². The molecule has 0 fully saturated rings. The van der Waals surface area contributed by atoms with Crippen LogP contribution in [0.3, 0.4) is 0 Å². The minimum absolute atomic E-state index is 0.207. The molecule has 1 aliphatic heterocycles. The Balaban J connectivity index is 2.58. The fraction of sp³-hybridized carbons (Fsp3) is 0.409. The zero-order valence-corrected chi connectivity index (χ0v) is 18.0. The fourth-order valence-corrected chi connectivity index (χ4v) is 3.42. The molecular formula is C22H29N3O5. The number of urea groups is 1. The van der Waals surface area contributed by atoms with Crippen LogP contribution in [0.1, 0.15) is 46.1 Å². The molecule has 2 amide bonds. The van der Waals surface area contributed by atoms with E-state index in [9.17, 15) is 14.4 Å². The Morgan fingerprint density at radius 1 is 0.967 bits per heavy atom. The smallest absolute Gasteiger partial charge is 0.336 e. The monoisotopic (exact) mass is 415 g/mol. The molecule has 0 atom stereocenters. The second-order valence-corrected chi connectivity index (χ2v) is 6.69. The molecule has 0 saturated carbocycles. The molecule has 0 saturated heterocycles. The number of hydrogen-bond donors (Lipinski definition) is 3. The number of benzene rings is 1. The molecule has 1 aromatic carbocycles. The van der Waals surface area contributed by atoms with Crippen LogP contribution in [0.5, 0.6) is 0 Å². The van der Waals surface area contributed by atoms with E-state index in [1.54, 1.807) is 52.0 Å². The van der Waals surface area contributed by atoms with E-state index in [2.05, 4.69) is 16.0 Å². The van der Waals surface area contributed by atoms with Crippen molar-refractivity contribution in [3.63, 3.8) is 0 Å². The van der Waals surface area contributed by atoms with E-state index in [0.717, 1.165) is 0 Å². The van der Waals surface area contributed by atoms with Crippen LogP contribution in [-0.2, 0) is 19.1 Å². The molecule has 1 aromatic rings. The van der Waals surface area contributed by atoms with Gasteiger partial charge in [-0.2, -0.15) is 0 Å². The average Bonchev–Trinajstić information content (AvgIpc) is 2.68. The third-order valence-electron chi connectivity index (χ3n) is 4.57. The molecule has 1 heterocycles. The summed E-state index contributed by atoms with van der Waals surface area (Å²) >= 11 is 0. The number of carbonyl (C=O) groups excluding carboxylic acids is 3. The summed E-state index contributed by atoms with van der Waals surface area (Å²) < 4.78 is 10.5. The zero-order valence-electron chi connectivity index (χ0n) is 18.0. The number of allylic oxidation sites excluding steroid dienone is 2. The normalized spacial score (nSPS) is 14.2. The minimum Gasteiger partial charge on any atom is -0.463 e. The lowest BCUT2D eigenvalue weighted by atomic mass is 9.80. The molecule has 0 radical (unpaired) electrons. The predicted molar refractivity (Wildman–Crippen MR) is 114 cm³/mol. The van der Waals surface area contributed by atoms with Gasteiger partial charge in [0.15, 0.2) is 0 Å². The van der Waals surface area contributed by atoms with Gasteiger partial charge in [0, 0.05) is 23.6 Å². The van der Waals surface area contributed by atoms with Gasteiger partial charge in [-0.3, -0.25) is 0 Å². The molecule has 0 aliphatic carbocycles. The number of rotatable bonds is 7. The number of hydrogen-bond acceptors (Lipinski definition) is 6. The molecule has 3 N–H and O–H groups in total. The zero-order chi connectivity index (χ0) is 22.3. The Kier molecular flexibility index (Phi) is 8.03. The molecule has 30 heavy (non-hydrogen) atoms. The van der Waals surface area contributed by atoms with Crippen LogP contribution in [-0.4, -0.2) is 37.7 Å². The predicted octanol–water partition coefficient (Wildman–Crippen LogP) is 3.19. The van der Waals surface area contributed by atoms with Crippen molar-refractivity contribution in [2.45, 2.75) is 40.5 Å². The number of esters is 2. The summed E-state index contributed by atoms with van der Waals surface area (Å²) in [5.74, 6) is -1.71. The summed E-state index contributed by atoms with van der Waals surface area (Å²) in [6, 6.07) is 6.70. The molecule has 0 bridgehead atoms. The molecule has 0 unspecified atom stereocenters. The lowest BCUT2D eigenvalue weighted by Gasteiger charge is -2.30. The van der Waals surface area contributed by atoms with Crippen molar-refractivity contribution in [2.24, 2.45) is 0 Å². The maximum absolute atomic E-state index is 12.8. The van der Waals surface area contributed by atoms with Gasteiger partial charge in [-0.15, -0.1) is 0 Å². The standard InChI is InChI=1S/C22H29N3O5/c1-6-23-22(28)25-16-11-9-10-15(12-16)19-17(20(26)29-7-2)13(4)24-14(5)18(19)21(27)30-8-3/h9-12,19,24H,6-8H2,1-5H3,(H2,23,25,28). The van der Waals surface area contributed by atoms with E-state index in [1.165, 1.54) is 0 Å². The number of carbonyl (C=O) groups is 3. The average molecular weight is 415 g/mol. The number of amides is 2. The highest BCUT2D eigenvalue weighted by Gasteiger charge is 2.38. The summed E-state index contributed by atoms with van der Waals surface area (Å²) in [6.45, 7) is 9.71. The van der Waals surface area contributed by atoms with Gasteiger partial charge in [-0.25, -0.2) is 14.4 Å². The van der Waals surface area contributed by atoms with Crippen molar-refractivity contribution < 1.29 is 23.9 Å². The summed E-state index contributed by atoms with van der Waals surface area (Å²) in [6.07, 6.45) is 0. The van der Waals surface area contributed by atoms with Gasteiger partial charge in [0.1, 0.15) is 0 Å². The van der Waals surface area contributed by atoms with Crippen molar-refractivity contribution >= 4 is 23.7 Å². The molecule has 0 spiro atoms. The number of dihydropyridines is 1.